The lowest BCUT2D eigenvalue weighted by Crippen LogP contribution is -2.26. The predicted molar refractivity (Wildman–Crippen MR) is 119 cm³/mol. The Balaban J connectivity index is 1.56. The first-order valence-electron chi connectivity index (χ1n) is 9.61. The van der Waals surface area contributed by atoms with Gasteiger partial charge in [0.1, 0.15) is 11.5 Å². The summed E-state index contributed by atoms with van der Waals surface area (Å²) in [6.07, 6.45) is 0. The van der Waals surface area contributed by atoms with Gasteiger partial charge in [-0.2, -0.15) is 0 Å². The third-order valence-corrected chi connectivity index (χ3v) is 6.05. The van der Waals surface area contributed by atoms with Crippen LogP contribution < -0.4 is 19.5 Å². The molecule has 1 amide bonds. The van der Waals surface area contributed by atoms with E-state index in [9.17, 15) is 13.2 Å². The van der Waals surface area contributed by atoms with Gasteiger partial charge in [-0.3, -0.25) is 4.79 Å². The number of nitrogens with one attached hydrogen (secondary N) is 2. The molecule has 0 aliphatic heterocycles. The average Bonchev–Trinajstić information content (AvgIpc) is 2.78. The lowest BCUT2D eigenvalue weighted by Gasteiger charge is -2.15. The molecule has 2 N–H and O–H groups in total. The highest BCUT2D eigenvalue weighted by atomic mass is 32.2. The number of amides is 1. The maximum atomic E-state index is 12.6. The zero-order chi connectivity index (χ0) is 22.3. The van der Waals surface area contributed by atoms with E-state index in [4.69, 9.17) is 9.47 Å². The molecule has 0 fully saturated rings. The van der Waals surface area contributed by atoms with E-state index in [2.05, 4.69) is 10.0 Å². The first-order chi connectivity index (χ1) is 14.9. The summed E-state index contributed by atoms with van der Waals surface area (Å²) in [6.45, 7) is 1.57. The standard InChI is InChI=1S/C23H24N2O5S/c1-17(18-7-4-3-5-8-18)25-31(27,28)22-13-11-20(12-14-22)30-16-23(26)24-19-9-6-10-21(15-19)29-2/h3-15,17,25H,16H2,1-2H3,(H,24,26)/t17-/m0/s1. The van der Waals surface area contributed by atoms with Crippen LogP contribution in [0.25, 0.3) is 0 Å². The number of hydrogen-bond acceptors (Lipinski definition) is 5. The smallest absolute Gasteiger partial charge is 0.262 e. The predicted octanol–water partition coefficient (Wildman–Crippen LogP) is 3.75. The van der Waals surface area contributed by atoms with E-state index >= 15 is 0 Å². The quantitative estimate of drug-likeness (QED) is 0.529. The highest BCUT2D eigenvalue weighted by molar-refractivity contribution is 7.89. The second-order valence-electron chi connectivity index (χ2n) is 6.79. The number of carbonyl (C=O) groups excluding carboxylic acids is 1. The Hall–Kier alpha value is -3.36. The normalized spacial score (nSPS) is 12.1. The van der Waals surface area contributed by atoms with Gasteiger partial charge >= 0.3 is 0 Å². The molecule has 0 saturated heterocycles. The van der Waals surface area contributed by atoms with E-state index in [1.165, 1.54) is 24.3 Å². The van der Waals surface area contributed by atoms with Gasteiger partial charge in [0.2, 0.25) is 10.0 Å². The summed E-state index contributed by atoms with van der Waals surface area (Å²) in [5.74, 6) is 0.671. The fourth-order valence-corrected chi connectivity index (χ4v) is 4.10. The molecule has 0 heterocycles. The van der Waals surface area contributed by atoms with Crippen molar-refractivity contribution in [1.29, 1.82) is 0 Å². The highest BCUT2D eigenvalue weighted by Crippen LogP contribution is 2.20. The second-order valence-corrected chi connectivity index (χ2v) is 8.51. The monoisotopic (exact) mass is 440 g/mol. The summed E-state index contributed by atoms with van der Waals surface area (Å²) >= 11 is 0. The van der Waals surface area contributed by atoms with Gasteiger partial charge in [-0.15, -0.1) is 0 Å². The number of methoxy groups -OCH3 is 1. The van der Waals surface area contributed by atoms with Crippen molar-refractivity contribution in [3.63, 3.8) is 0 Å². The number of ether oxygens (including phenoxy) is 2. The molecule has 3 aromatic rings. The Kier molecular flexibility index (Phi) is 7.28. The summed E-state index contributed by atoms with van der Waals surface area (Å²) in [4.78, 5) is 12.2. The topological polar surface area (TPSA) is 93.7 Å². The molecular formula is C23H24N2O5S. The van der Waals surface area contributed by atoms with Crippen LogP contribution in [0.15, 0.2) is 83.8 Å². The summed E-state index contributed by atoms with van der Waals surface area (Å²) in [6, 6.07) is 21.8. The lowest BCUT2D eigenvalue weighted by molar-refractivity contribution is -0.118. The van der Waals surface area contributed by atoms with Crippen LogP contribution in [0.4, 0.5) is 5.69 Å². The first kappa shape index (κ1) is 22.3. The van der Waals surface area contributed by atoms with Crippen molar-refractivity contribution >= 4 is 21.6 Å². The van der Waals surface area contributed by atoms with Gasteiger partial charge in [-0.05, 0) is 48.9 Å². The van der Waals surface area contributed by atoms with Gasteiger partial charge in [0.05, 0.1) is 12.0 Å². The third kappa shape index (κ3) is 6.31. The van der Waals surface area contributed by atoms with E-state index in [1.54, 1.807) is 38.3 Å². The van der Waals surface area contributed by atoms with Gasteiger partial charge in [-0.25, -0.2) is 13.1 Å². The average molecular weight is 441 g/mol. The minimum absolute atomic E-state index is 0.114. The Bertz CT molecular complexity index is 1120. The molecule has 162 valence electrons. The van der Waals surface area contributed by atoms with E-state index in [0.717, 1.165) is 5.56 Å². The van der Waals surface area contributed by atoms with Crippen LogP contribution in [-0.4, -0.2) is 28.0 Å². The van der Waals surface area contributed by atoms with Gasteiger partial charge in [-0.1, -0.05) is 36.4 Å². The van der Waals surface area contributed by atoms with Gasteiger partial charge in [0.15, 0.2) is 6.61 Å². The number of sulfonamides is 1. The summed E-state index contributed by atoms with van der Waals surface area (Å²) in [7, 11) is -2.15. The molecule has 0 aliphatic carbocycles. The van der Waals surface area contributed by atoms with E-state index < -0.39 is 10.0 Å². The lowest BCUT2D eigenvalue weighted by atomic mass is 10.1. The number of anilines is 1. The van der Waals surface area contributed by atoms with Crippen molar-refractivity contribution in [2.75, 3.05) is 19.0 Å². The maximum Gasteiger partial charge on any atom is 0.262 e. The number of carbonyl (C=O) groups is 1. The summed E-state index contributed by atoms with van der Waals surface area (Å²) in [5, 5.41) is 2.71. The second kappa shape index (κ2) is 10.1. The van der Waals surface area contributed by atoms with Crippen LogP contribution in [-0.2, 0) is 14.8 Å². The SMILES string of the molecule is COc1cccc(NC(=O)COc2ccc(S(=O)(=O)N[C@@H](C)c3ccccc3)cc2)c1. The van der Waals surface area contributed by atoms with Crippen molar-refractivity contribution in [1.82, 2.24) is 4.72 Å². The van der Waals surface area contributed by atoms with Crippen molar-refractivity contribution in [3.8, 4) is 11.5 Å². The Morgan fingerprint density at radius 1 is 0.935 bits per heavy atom. The molecule has 0 saturated carbocycles. The molecule has 0 spiro atoms. The molecule has 1 atom stereocenters. The molecule has 0 aromatic heterocycles. The number of rotatable bonds is 9. The van der Waals surface area contributed by atoms with Crippen LogP contribution in [0.2, 0.25) is 0 Å². The van der Waals surface area contributed by atoms with Crippen molar-refractivity contribution in [2.24, 2.45) is 0 Å². The maximum absolute atomic E-state index is 12.6. The zero-order valence-electron chi connectivity index (χ0n) is 17.2. The van der Waals surface area contributed by atoms with E-state index in [1.807, 2.05) is 30.3 Å². The van der Waals surface area contributed by atoms with Crippen LogP contribution in [0.1, 0.15) is 18.5 Å². The van der Waals surface area contributed by atoms with Crippen LogP contribution in [0.3, 0.4) is 0 Å². The van der Waals surface area contributed by atoms with Gasteiger partial charge in [0.25, 0.3) is 5.91 Å². The minimum Gasteiger partial charge on any atom is -0.497 e. The largest absolute Gasteiger partial charge is 0.497 e. The molecule has 8 heteroatoms. The highest BCUT2D eigenvalue weighted by Gasteiger charge is 2.18. The molecule has 0 bridgehead atoms. The Labute approximate surface area is 182 Å². The molecule has 0 aliphatic rings. The van der Waals surface area contributed by atoms with Gasteiger partial charge in [0, 0.05) is 17.8 Å². The summed E-state index contributed by atoms with van der Waals surface area (Å²) in [5.41, 5.74) is 1.46. The molecule has 31 heavy (non-hydrogen) atoms. The van der Waals surface area contributed by atoms with Gasteiger partial charge < -0.3 is 14.8 Å². The zero-order valence-corrected chi connectivity index (χ0v) is 18.1. The fraction of sp³-hybridized carbons (Fsp3) is 0.174. The van der Waals surface area contributed by atoms with Crippen LogP contribution >= 0.6 is 0 Å². The number of benzene rings is 3. The Morgan fingerprint density at radius 2 is 1.65 bits per heavy atom. The van der Waals surface area contributed by atoms with Crippen molar-refractivity contribution in [2.45, 2.75) is 17.9 Å². The fourth-order valence-electron chi connectivity index (χ4n) is 2.87. The molecule has 3 aromatic carbocycles. The van der Waals surface area contributed by atoms with Crippen molar-refractivity contribution < 1.29 is 22.7 Å². The molecule has 0 radical (unpaired) electrons. The van der Waals surface area contributed by atoms with E-state index in [-0.39, 0.29) is 23.5 Å². The van der Waals surface area contributed by atoms with Crippen molar-refractivity contribution in [3.05, 3.63) is 84.4 Å². The molecule has 0 unspecified atom stereocenters. The Morgan fingerprint density at radius 3 is 2.32 bits per heavy atom. The first-order valence-corrected chi connectivity index (χ1v) is 11.1. The minimum atomic E-state index is -3.70. The molecule has 3 rings (SSSR count). The van der Waals surface area contributed by atoms with Crippen LogP contribution in [0.5, 0.6) is 11.5 Å². The third-order valence-electron chi connectivity index (χ3n) is 4.49. The van der Waals surface area contributed by atoms with Crippen LogP contribution in [0, 0.1) is 0 Å². The molecular weight excluding hydrogens is 416 g/mol. The van der Waals surface area contributed by atoms with E-state index in [0.29, 0.717) is 17.2 Å². The summed E-state index contributed by atoms with van der Waals surface area (Å²) < 4.78 is 38.5. The number of hydrogen-bond donors (Lipinski definition) is 2. The molecule has 7 nitrogen and oxygen atoms in total.